The molecule has 0 aromatic heterocycles. The largest absolute Gasteiger partial charge is 0.478 e. The summed E-state index contributed by atoms with van der Waals surface area (Å²) in [5, 5.41) is 8.53. The lowest BCUT2D eigenvalue weighted by molar-refractivity contribution is 0.0697. The molecule has 0 aliphatic carbocycles. The maximum absolute atomic E-state index is 12.8. The molecule has 1 aromatic carbocycles. The normalized spacial score (nSPS) is 9.83. The van der Waals surface area contributed by atoms with E-state index in [1.165, 1.54) is 0 Å². The quantitative estimate of drug-likeness (QED) is 0.729. The van der Waals surface area contributed by atoms with E-state index in [0.29, 0.717) is 0 Å². The van der Waals surface area contributed by atoms with Crippen molar-refractivity contribution in [3.8, 4) is 0 Å². The van der Waals surface area contributed by atoms with Crippen LogP contribution in [-0.4, -0.2) is 11.1 Å². The highest BCUT2D eigenvalue weighted by atomic mass is 79.9. The standard InChI is InChI=1S/C7H5BrFNO2/c8-4-1-3(7(11)12)2-5(10)6(4)9/h1-2H,10H2,(H,11,12). The Bertz CT molecular complexity index is 317. The molecule has 3 nitrogen and oxygen atoms in total. The van der Waals surface area contributed by atoms with Crippen LogP contribution in [0.2, 0.25) is 0 Å². The molecule has 1 aromatic rings. The Labute approximate surface area is 76.1 Å². The lowest BCUT2D eigenvalue weighted by Crippen LogP contribution is -2.00. The van der Waals surface area contributed by atoms with Gasteiger partial charge >= 0.3 is 5.97 Å². The van der Waals surface area contributed by atoms with E-state index < -0.39 is 11.8 Å². The van der Waals surface area contributed by atoms with Crippen molar-refractivity contribution in [1.82, 2.24) is 0 Å². The van der Waals surface area contributed by atoms with Crippen LogP contribution in [0.1, 0.15) is 10.4 Å². The number of hydrogen-bond donors (Lipinski definition) is 2. The van der Waals surface area contributed by atoms with Crippen LogP contribution in [0.5, 0.6) is 0 Å². The lowest BCUT2D eigenvalue weighted by Gasteiger charge is -2.00. The molecule has 64 valence electrons. The van der Waals surface area contributed by atoms with Crippen LogP contribution < -0.4 is 5.73 Å². The highest BCUT2D eigenvalue weighted by Gasteiger charge is 2.09. The van der Waals surface area contributed by atoms with E-state index >= 15 is 0 Å². The van der Waals surface area contributed by atoms with Gasteiger partial charge in [-0.25, -0.2) is 9.18 Å². The van der Waals surface area contributed by atoms with E-state index in [-0.39, 0.29) is 15.7 Å². The Morgan fingerprint density at radius 1 is 1.58 bits per heavy atom. The summed E-state index contributed by atoms with van der Waals surface area (Å²) < 4.78 is 12.9. The highest BCUT2D eigenvalue weighted by molar-refractivity contribution is 9.10. The molecule has 0 unspecified atom stereocenters. The zero-order chi connectivity index (χ0) is 9.30. The van der Waals surface area contributed by atoms with Crippen LogP contribution in [0.15, 0.2) is 16.6 Å². The van der Waals surface area contributed by atoms with Crippen molar-refractivity contribution in [1.29, 1.82) is 0 Å². The fraction of sp³-hybridized carbons (Fsp3) is 0. The van der Waals surface area contributed by atoms with Crippen molar-refractivity contribution in [2.45, 2.75) is 0 Å². The number of aromatic carboxylic acids is 1. The van der Waals surface area contributed by atoms with Crippen LogP contribution in [0.4, 0.5) is 10.1 Å². The average molecular weight is 234 g/mol. The number of carboxylic acid groups (broad SMARTS) is 1. The minimum Gasteiger partial charge on any atom is -0.478 e. The number of rotatable bonds is 1. The van der Waals surface area contributed by atoms with Gasteiger partial charge in [0.25, 0.3) is 0 Å². The molecule has 5 heteroatoms. The van der Waals surface area contributed by atoms with Gasteiger partial charge in [-0.1, -0.05) is 0 Å². The molecule has 0 aliphatic rings. The Balaban J connectivity index is 3.31. The van der Waals surface area contributed by atoms with Gasteiger partial charge in [0.1, 0.15) is 0 Å². The molecule has 0 amide bonds. The highest BCUT2D eigenvalue weighted by Crippen LogP contribution is 2.22. The summed E-state index contributed by atoms with van der Waals surface area (Å²) in [4.78, 5) is 10.4. The van der Waals surface area contributed by atoms with E-state index in [1.807, 2.05) is 0 Å². The molecule has 0 atom stereocenters. The summed E-state index contributed by atoms with van der Waals surface area (Å²) in [7, 11) is 0. The Kier molecular flexibility index (Phi) is 2.32. The second kappa shape index (κ2) is 3.10. The number of nitrogens with two attached hydrogens (primary N) is 1. The number of anilines is 1. The van der Waals surface area contributed by atoms with Crippen molar-refractivity contribution in [3.63, 3.8) is 0 Å². The predicted molar refractivity (Wildman–Crippen MR) is 45.5 cm³/mol. The number of hydrogen-bond acceptors (Lipinski definition) is 2. The third-order valence-electron chi connectivity index (χ3n) is 1.30. The zero-order valence-corrected chi connectivity index (χ0v) is 7.43. The third-order valence-corrected chi connectivity index (χ3v) is 1.88. The van der Waals surface area contributed by atoms with Gasteiger partial charge in [-0.05, 0) is 28.1 Å². The smallest absolute Gasteiger partial charge is 0.335 e. The van der Waals surface area contributed by atoms with Gasteiger partial charge in [0, 0.05) is 0 Å². The predicted octanol–water partition coefficient (Wildman–Crippen LogP) is 1.87. The minimum absolute atomic E-state index is 0.0409. The molecule has 0 spiro atoms. The molecule has 0 heterocycles. The monoisotopic (exact) mass is 233 g/mol. The molecule has 0 aliphatic heterocycles. The Morgan fingerprint density at radius 2 is 2.17 bits per heavy atom. The van der Waals surface area contributed by atoms with Crippen molar-refractivity contribution in [3.05, 3.63) is 28.0 Å². The number of halogens is 2. The number of benzene rings is 1. The van der Waals surface area contributed by atoms with E-state index in [1.54, 1.807) is 0 Å². The molecular formula is C7H5BrFNO2. The van der Waals surface area contributed by atoms with Crippen molar-refractivity contribution < 1.29 is 14.3 Å². The molecule has 3 N–H and O–H groups in total. The van der Waals surface area contributed by atoms with Gasteiger partial charge < -0.3 is 10.8 Å². The first-order valence-corrected chi connectivity index (χ1v) is 3.79. The van der Waals surface area contributed by atoms with Gasteiger partial charge in [0.05, 0.1) is 15.7 Å². The lowest BCUT2D eigenvalue weighted by atomic mass is 10.2. The van der Waals surface area contributed by atoms with E-state index in [9.17, 15) is 9.18 Å². The van der Waals surface area contributed by atoms with E-state index in [0.717, 1.165) is 12.1 Å². The zero-order valence-electron chi connectivity index (χ0n) is 5.84. The average Bonchev–Trinajstić information content (AvgIpc) is 1.99. The van der Waals surface area contributed by atoms with Gasteiger partial charge in [-0.3, -0.25) is 0 Å². The van der Waals surface area contributed by atoms with Gasteiger partial charge in [-0.15, -0.1) is 0 Å². The first kappa shape index (κ1) is 8.99. The van der Waals surface area contributed by atoms with Crippen molar-refractivity contribution in [2.24, 2.45) is 0 Å². The second-order valence-electron chi connectivity index (χ2n) is 2.17. The van der Waals surface area contributed by atoms with Gasteiger partial charge in [0.2, 0.25) is 0 Å². The minimum atomic E-state index is -1.14. The fourth-order valence-electron chi connectivity index (χ4n) is 0.734. The third kappa shape index (κ3) is 1.55. The summed E-state index contributed by atoms with van der Waals surface area (Å²) in [5.74, 6) is -1.78. The Hall–Kier alpha value is -1.10. The topological polar surface area (TPSA) is 63.3 Å². The maximum Gasteiger partial charge on any atom is 0.335 e. The van der Waals surface area contributed by atoms with Crippen molar-refractivity contribution in [2.75, 3.05) is 5.73 Å². The van der Waals surface area contributed by atoms with E-state index in [4.69, 9.17) is 10.8 Å². The molecule has 0 saturated heterocycles. The molecule has 0 radical (unpaired) electrons. The number of nitrogen functional groups attached to an aromatic ring is 1. The number of carboxylic acids is 1. The van der Waals surface area contributed by atoms with Crippen molar-refractivity contribution >= 4 is 27.6 Å². The molecule has 12 heavy (non-hydrogen) atoms. The Morgan fingerprint density at radius 3 is 2.58 bits per heavy atom. The maximum atomic E-state index is 12.8. The summed E-state index contributed by atoms with van der Waals surface area (Å²) >= 11 is 2.85. The van der Waals surface area contributed by atoms with Crippen LogP contribution in [0.25, 0.3) is 0 Å². The summed E-state index contributed by atoms with van der Waals surface area (Å²) in [6.45, 7) is 0. The molecule has 0 saturated carbocycles. The van der Waals surface area contributed by atoms with Gasteiger partial charge in [0.15, 0.2) is 5.82 Å². The molecular weight excluding hydrogens is 229 g/mol. The van der Waals surface area contributed by atoms with Crippen LogP contribution in [0, 0.1) is 5.82 Å². The molecule has 0 fully saturated rings. The summed E-state index contributed by atoms with van der Waals surface area (Å²) in [6.07, 6.45) is 0. The van der Waals surface area contributed by atoms with Crippen LogP contribution in [-0.2, 0) is 0 Å². The SMILES string of the molecule is Nc1cc(C(=O)O)cc(Br)c1F. The van der Waals surface area contributed by atoms with Crippen LogP contribution in [0.3, 0.4) is 0 Å². The molecule has 1 rings (SSSR count). The van der Waals surface area contributed by atoms with Crippen LogP contribution >= 0.6 is 15.9 Å². The summed E-state index contributed by atoms with van der Waals surface area (Å²) in [5.41, 5.74) is 4.97. The summed E-state index contributed by atoms with van der Waals surface area (Å²) in [6, 6.07) is 2.23. The number of carbonyl (C=O) groups is 1. The molecule has 0 bridgehead atoms. The van der Waals surface area contributed by atoms with Gasteiger partial charge in [-0.2, -0.15) is 0 Å². The first-order valence-electron chi connectivity index (χ1n) is 3.00. The van der Waals surface area contributed by atoms with E-state index in [2.05, 4.69) is 15.9 Å². The first-order chi connectivity index (χ1) is 5.52. The fourth-order valence-corrected chi connectivity index (χ4v) is 1.21. The second-order valence-corrected chi connectivity index (χ2v) is 3.02.